The average molecular weight is 442 g/mol. The Kier molecular flexibility index (Phi) is 10.4. The number of esters is 3. The Hall–Kier alpha value is -2.02. The van der Waals surface area contributed by atoms with Gasteiger partial charge in [-0.2, -0.15) is 0 Å². The molecule has 0 aliphatic heterocycles. The highest BCUT2D eigenvalue weighted by atomic mass is 31.2. The van der Waals surface area contributed by atoms with Crippen LogP contribution in [0, 0.1) is 5.92 Å². The van der Waals surface area contributed by atoms with E-state index in [2.05, 4.69) is 0 Å². The molecule has 0 fully saturated rings. The van der Waals surface area contributed by atoms with Crippen molar-refractivity contribution >= 4 is 25.5 Å². The van der Waals surface area contributed by atoms with Crippen LogP contribution in [0.1, 0.15) is 57.8 Å². The summed E-state index contributed by atoms with van der Waals surface area (Å²) in [5.41, 5.74) is -0.521. The monoisotopic (exact) mass is 442 g/mol. The van der Waals surface area contributed by atoms with Gasteiger partial charge in [-0.15, -0.1) is 0 Å². The van der Waals surface area contributed by atoms with E-state index in [0.717, 1.165) is 0 Å². The highest BCUT2D eigenvalue weighted by Gasteiger charge is 2.35. The van der Waals surface area contributed by atoms with Crippen LogP contribution in [-0.4, -0.2) is 42.9 Å². The predicted octanol–water partition coefficient (Wildman–Crippen LogP) is 4.37. The van der Waals surface area contributed by atoms with Crippen molar-refractivity contribution in [1.29, 1.82) is 0 Å². The molecule has 9 heteroatoms. The smallest absolute Gasteiger partial charge is 0.345 e. The number of rotatable bonds is 11. The minimum Gasteiger partial charge on any atom is -0.460 e. The molecule has 0 aliphatic rings. The number of hydrogen-bond donors (Lipinski definition) is 0. The molecule has 1 aromatic rings. The fraction of sp³-hybridized carbons (Fsp3) is 0.571. The van der Waals surface area contributed by atoms with Crippen LogP contribution in [0.2, 0.25) is 0 Å². The van der Waals surface area contributed by atoms with Crippen LogP contribution in [0.3, 0.4) is 0 Å². The minimum atomic E-state index is -3.55. The van der Waals surface area contributed by atoms with E-state index in [1.165, 1.54) is 12.1 Å². The summed E-state index contributed by atoms with van der Waals surface area (Å²) in [7, 11) is -3.55. The summed E-state index contributed by atoms with van der Waals surface area (Å²) in [4.78, 5) is 36.8. The van der Waals surface area contributed by atoms with Gasteiger partial charge in [0.25, 0.3) is 0 Å². The molecule has 30 heavy (non-hydrogen) atoms. The Bertz CT molecular complexity index is 744. The van der Waals surface area contributed by atoms with Crippen LogP contribution in [0.25, 0.3) is 0 Å². The van der Waals surface area contributed by atoms with Gasteiger partial charge in [0.05, 0.1) is 30.9 Å². The van der Waals surface area contributed by atoms with Gasteiger partial charge in [-0.1, -0.05) is 18.2 Å². The van der Waals surface area contributed by atoms with Crippen LogP contribution < -0.4 is 0 Å². The van der Waals surface area contributed by atoms with Gasteiger partial charge in [0.2, 0.25) is 0 Å². The molecule has 0 spiro atoms. The van der Waals surface area contributed by atoms with Gasteiger partial charge in [-0.25, -0.2) is 4.79 Å². The van der Waals surface area contributed by atoms with Crippen molar-refractivity contribution in [1.82, 2.24) is 0 Å². The lowest BCUT2D eigenvalue weighted by molar-refractivity contribution is -0.159. The number of carbonyl (C=O) groups excluding carboxylic acids is 3. The molecule has 1 unspecified atom stereocenters. The fourth-order valence-corrected chi connectivity index (χ4v) is 4.50. The maximum absolute atomic E-state index is 12.9. The van der Waals surface area contributed by atoms with Crippen molar-refractivity contribution < 1.29 is 37.5 Å². The minimum absolute atomic E-state index is 0.0278. The van der Waals surface area contributed by atoms with Crippen molar-refractivity contribution in [2.75, 3.05) is 19.4 Å². The van der Waals surface area contributed by atoms with Crippen molar-refractivity contribution in [2.45, 2.75) is 53.1 Å². The average Bonchev–Trinajstić information content (AvgIpc) is 2.64. The number of benzene rings is 1. The van der Waals surface area contributed by atoms with Gasteiger partial charge in [-0.3, -0.25) is 14.2 Å². The number of hydrogen-bond acceptors (Lipinski definition) is 8. The van der Waals surface area contributed by atoms with Crippen LogP contribution in [0.15, 0.2) is 30.3 Å². The van der Waals surface area contributed by atoms with E-state index in [1.807, 2.05) is 0 Å². The summed E-state index contributed by atoms with van der Waals surface area (Å²) in [6, 6.07) is 8.09. The van der Waals surface area contributed by atoms with E-state index in [1.54, 1.807) is 52.8 Å². The van der Waals surface area contributed by atoms with E-state index in [0.29, 0.717) is 0 Å². The van der Waals surface area contributed by atoms with Crippen molar-refractivity contribution in [3.63, 3.8) is 0 Å². The first-order valence-corrected chi connectivity index (χ1v) is 11.6. The second-order valence-electron chi connectivity index (χ2n) is 7.53. The van der Waals surface area contributed by atoms with Crippen LogP contribution in [0.5, 0.6) is 0 Å². The fourth-order valence-electron chi connectivity index (χ4n) is 2.55. The highest BCUT2D eigenvalue weighted by molar-refractivity contribution is 7.53. The van der Waals surface area contributed by atoms with E-state index in [4.69, 9.17) is 18.5 Å². The van der Waals surface area contributed by atoms with E-state index in [-0.39, 0.29) is 37.8 Å². The first-order chi connectivity index (χ1) is 14.0. The predicted molar refractivity (Wildman–Crippen MR) is 111 cm³/mol. The maximum Gasteiger partial charge on any atom is 0.345 e. The molecule has 0 saturated heterocycles. The molecule has 0 N–H and O–H groups in total. The molecule has 1 aromatic carbocycles. The third-order valence-electron chi connectivity index (χ3n) is 3.75. The largest absolute Gasteiger partial charge is 0.460 e. The number of carbonyl (C=O) groups is 3. The molecule has 0 heterocycles. The van der Waals surface area contributed by atoms with Crippen LogP contribution in [0.4, 0.5) is 0 Å². The van der Waals surface area contributed by atoms with Gasteiger partial charge in [-0.05, 0) is 53.2 Å². The van der Waals surface area contributed by atoms with Crippen LogP contribution >= 0.6 is 7.60 Å². The topological polar surface area (TPSA) is 105 Å². The maximum atomic E-state index is 12.9. The third kappa shape index (κ3) is 9.65. The Morgan fingerprint density at radius 3 is 2.07 bits per heavy atom. The summed E-state index contributed by atoms with van der Waals surface area (Å²) in [6.45, 7) is 8.75. The molecule has 0 aliphatic carbocycles. The number of ether oxygens (including phenoxy) is 2. The molecule has 0 saturated carbocycles. The summed E-state index contributed by atoms with van der Waals surface area (Å²) in [6.07, 6.45) is -0.496. The second kappa shape index (κ2) is 12.0. The second-order valence-corrected chi connectivity index (χ2v) is 9.63. The zero-order valence-electron chi connectivity index (χ0n) is 18.2. The lowest BCUT2D eigenvalue weighted by Gasteiger charge is -2.26. The Balaban J connectivity index is 2.83. The normalized spacial score (nSPS) is 12.8. The Morgan fingerprint density at radius 1 is 1.00 bits per heavy atom. The van der Waals surface area contributed by atoms with Crippen molar-refractivity contribution in [3.8, 4) is 0 Å². The third-order valence-corrected chi connectivity index (χ3v) is 5.94. The van der Waals surface area contributed by atoms with Gasteiger partial charge in [0, 0.05) is 6.42 Å². The van der Waals surface area contributed by atoms with Gasteiger partial charge in [0.15, 0.2) is 0 Å². The molecule has 1 rings (SSSR count). The molecule has 8 nitrogen and oxygen atoms in total. The molecule has 1 atom stereocenters. The first kappa shape index (κ1) is 26.0. The molecular weight excluding hydrogens is 411 g/mol. The Morgan fingerprint density at radius 2 is 1.57 bits per heavy atom. The highest BCUT2D eigenvalue weighted by Crippen LogP contribution is 2.50. The summed E-state index contributed by atoms with van der Waals surface area (Å²) in [5, 5.41) is 0. The molecule has 0 amide bonds. The van der Waals surface area contributed by atoms with Gasteiger partial charge in [0.1, 0.15) is 5.60 Å². The van der Waals surface area contributed by atoms with Crippen LogP contribution in [-0.2, 0) is 32.7 Å². The lowest BCUT2D eigenvalue weighted by Crippen LogP contribution is -2.31. The van der Waals surface area contributed by atoms with Gasteiger partial charge >= 0.3 is 25.5 Å². The van der Waals surface area contributed by atoms with E-state index >= 15 is 0 Å². The summed E-state index contributed by atoms with van der Waals surface area (Å²) < 4.78 is 33.6. The van der Waals surface area contributed by atoms with Crippen molar-refractivity contribution in [3.05, 3.63) is 35.9 Å². The van der Waals surface area contributed by atoms with E-state index < -0.39 is 37.0 Å². The summed E-state index contributed by atoms with van der Waals surface area (Å²) >= 11 is 0. The molecule has 168 valence electrons. The Labute approximate surface area is 177 Å². The summed E-state index contributed by atoms with van der Waals surface area (Å²) in [5.74, 6) is -3.11. The zero-order chi connectivity index (χ0) is 22.8. The quantitative estimate of drug-likeness (QED) is 0.283. The standard InChI is InChI=1S/C21H31O8P/c1-6-26-30(25,27-7-2)15-17(20(24)29-21(3,4)5)13-14-18(22)28-19(23)16-11-9-8-10-12-16/h8-12,17H,6-7,13-15H2,1-5H3. The van der Waals surface area contributed by atoms with E-state index in [9.17, 15) is 18.9 Å². The SMILES string of the molecule is CCOP(=O)(CC(CCC(=O)OC(=O)c1ccccc1)C(=O)OC(C)(C)C)OCC. The first-order valence-electron chi connectivity index (χ1n) is 9.90. The molecule has 0 aromatic heterocycles. The molecular formula is C21H31O8P. The molecule has 0 radical (unpaired) electrons. The molecule has 0 bridgehead atoms. The lowest BCUT2D eigenvalue weighted by atomic mass is 10.1. The van der Waals surface area contributed by atoms with Crippen molar-refractivity contribution in [2.24, 2.45) is 5.92 Å². The zero-order valence-corrected chi connectivity index (χ0v) is 19.1. The van der Waals surface area contributed by atoms with Gasteiger partial charge < -0.3 is 18.5 Å².